The Morgan fingerprint density at radius 1 is 1.37 bits per heavy atom. The van der Waals surface area contributed by atoms with Crippen LogP contribution in [0.15, 0.2) is 23.2 Å². The second kappa shape index (κ2) is 5.14. The van der Waals surface area contributed by atoms with Crippen LogP contribution in [0.1, 0.15) is 17.0 Å². The highest BCUT2D eigenvalue weighted by atomic mass is 16.5. The van der Waals surface area contributed by atoms with Crippen LogP contribution >= 0.6 is 0 Å². The molecule has 0 bridgehead atoms. The van der Waals surface area contributed by atoms with E-state index in [0.717, 1.165) is 22.6 Å². The van der Waals surface area contributed by atoms with Gasteiger partial charge in [0, 0.05) is 13.3 Å². The molecule has 0 radical (unpaired) electrons. The molecule has 0 saturated carbocycles. The first-order chi connectivity index (χ1) is 9.02. The van der Waals surface area contributed by atoms with Gasteiger partial charge < -0.3 is 9.84 Å². The fraction of sp³-hybridized carbons (Fsp3) is 0.286. The quantitative estimate of drug-likeness (QED) is 0.861. The van der Waals surface area contributed by atoms with Gasteiger partial charge in [0.15, 0.2) is 11.5 Å². The molecule has 0 aliphatic rings. The number of nitrogens with zero attached hydrogens (tertiary/aromatic N) is 3. The average Bonchev–Trinajstić information content (AvgIpc) is 2.63. The van der Waals surface area contributed by atoms with E-state index in [0.29, 0.717) is 5.75 Å². The third-order valence-corrected chi connectivity index (χ3v) is 3.02. The maximum atomic E-state index is 9.53. The number of hydrogen-bond donors (Lipinski definition) is 1. The lowest BCUT2D eigenvalue weighted by atomic mass is 10.2. The summed E-state index contributed by atoms with van der Waals surface area (Å²) in [6.45, 7) is 3.90. The molecule has 5 nitrogen and oxygen atoms in total. The monoisotopic (exact) mass is 259 g/mol. The van der Waals surface area contributed by atoms with Crippen LogP contribution in [0.3, 0.4) is 0 Å². The number of aliphatic imine (C=N–C) groups is 1. The lowest BCUT2D eigenvalue weighted by Crippen LogP contribution is -1.92. The Morgan fingerprint density at radius 3 is 2.68 bits per heavy atom. The van der Waals surface area contributed by atoms with E-state index >= 15 is 0 Å². The highest BCUT2D eigenvalue weighted by molar-refractivity contribution is 5.83. The highest BCUT2D eigenvalue weighted by Gasteiger charge is 2.07. The number of aryl methyl sites for hydroxylation is 2. The molecule has 19 heavy (non-hydrogen) atoms. The molecule has 0 unspecified atom stereocenters. The second-order valence-electron chi connectivity index (χ2n) is 4.33. The zero-order valence-corrected chi connectivity index (χ0v) is 11.5. The molecule has 2 aromatic rings. The van der Waals surface area contributed by atoms with E-state index in [1.165, 1.54) is 7.11 Å². The van der Waals surface area contributed by atoms with Gasteiger partial charge in [-0.1, -0.05) is 0 Å². The van der Waals surface area contributed by atoms with Crippen molar-refractivity contribution in [3.8, 4) is 11.5 Å². The van der Waals surface area contributed by atoms with Crippen molar-refractivity contribution in [2.24, 2.45) is 12.0 Å². The van der Waals surface area contributed by atoms with Gasteiger partial charge in [0.1, 0.15) is 5.69 Å². The molecular weight excluding hydrogens is 242 g/mol. The number of aromatic hydroxyl groups is 1. The summed E-state index contributed by atoms with van der Waals surface area (Å²) < 4.78 is 6.87. The molecule has 0 spiro atoms. The number of aromatic nitrogens is 2. The van der Waals surface area contributed by atoms with Crippen molar-refractivity contribution in [2.45, 2.75) is 13.8 Å². The van der Waals surface area contributed by atoms with Crippen molar-refractivity contribution >= 4 is 11.9 Å². The van der Waals surface area contributed by atoms with Gasteiger partial charge in [-0.15, -0.1) is 0 Å². The van der Waals surface area contributed by atoms with E-state index in [-0.39, 0.29) is 5.75 Å². The lowest BCUT2D eigenvalue weighted by molar-refractivity contribution is 0.373. The molecule has 0 aliphatic carbocycles. The number of rotatable bonds is 3. The zero-order valence-electron chi connectivity index (χ0n) is 11.5. The van der Waals surface area contributed by atoms with Crippen LogP contribution in [0.25, 0.3) is 0 Å². The predicted molar refractivity (Wildman–Crippen MR) is 74.6 cm³/mol. The van der Waals surface area contributed by atoms with E-state index < -0.39 is 0 Å². The number of methoxy groups -OCH3 is 1. The fourth-order valence-corrected chi connectivity index (χ4v) is 1.86. The molecule has 5 heteroatoms. The Balaban J connectivity index is 2.32. The smallest absolute Gasteiger partial charge is 0.161 e. The van der Waals surface area contributed by atoms with Crippen LogP contribution in [0.2, 0.25) is 0 Å². The minimum absolute atomic E-state index is 0.119. The maximum absolute atomic E-state index is 9.53. The first-order valence-electron chi connectivity index (χ1n) is 5.94. The molecule has 0 saturated heterocycles. The fourth-order valence-electron chi connectivity index (χ4n) is 1.86. The van der Waals surface area contributed by atoms with Crippen molar-refractivity contribution in [2.75, 3.05) is 7.11 Å². The number of hydrogen-bond acceptors (Lipinski definition) is 4. The van der Waals surface area contributed by atoms with Crippen LogP contribution in [0.5, 0.6) is 11.5 Å². The summed E-state index contributed by atoms with van der Waals surface area (Å²) in [6.07, 6.45) is 1.74. The summed E-state index contributed by atoms with van der Waals surface area (Å²) in [5.74, 6) is 0.553. The summed E-state index contributed by atoms with van der Waals surface area (Å²) in [5, 5.41) is 13.8. The van der Waals surface area contributed by atoms with Crippen molar-refractivity contribution in [3.05, 3.63) is 35.2 Å². The van der Waals surface area contributed by atoms with Gasteiger partial charge in [-0.05, 0) is 37.6 Å². The summed E-state index contributed by atoms with van der Waals surface area (Å²) in [5.41, 5.74) is 3.63. The van der Waals surface area contributed by atoms with Crippen molar-refractivity contribution in [1.29, 1.82) is 0 Å². The van der Waals surface area contributed by atoms with Gasteiger partial charge in [0.25, 0.3) is 0 Å². The molecule has 1 aromatic carbocycles. The molecule has 1 N–H and O–H groups in total. The maximum Gasteiger partial charge on any atom is 0.161 e. The van der Waals surface area contributed by atoms with Gasteiger partial charge in [-0.25, -0.2) is 0 Å². The molecule has 0 amide bonds. The van der Waals surface area contributed by atoms with Crippen molar-refractivity contribution in [1.82, 2.24) is 9.78 Å². The standard InChI is InChI=1S/C14H17N3O2/c1-9-14(10(2)17(3)16-9)15-8-11-5-6-12(18)13(7-11)19-4/h5-8,18H,1-4H3. The van der Waals surface area contributed by atoms with Gasteiger partial charge >= 0.3 is 0 Å². The molecular formula is C14H17N3O2. The molecule has 1 heterocycles. The molecule has 100 valence electrons. The third-order valence-electron chi connectivity index (χ3n) is 3.02. The molecule has 0 fully saturated rings. The van der Waals surface area contributed by atoms with Crippen LogP contribution in [0.4, 0.5) is 5.69 Å². The molecule has 0 atom stereocenters. The third kappa shape index (κ3) is 2.59. The number of ether oxygens (including phenoxy) is 1. The van der Waals surface area contributed by atoms with Gasteiger partial charge in [-0.3, -0.25) is 9.67 Å². The summed E-state index contributed by atoms with van der Waals surface area (Å²) in [6, 6.07) is 5.10. The van der Waals surface area contributed by atoms with E-state index in [9.17, 15) is 5.11 Å². The largest absolute Gasteiger partial charge is 0.504 e. The van der Waals surface area contributed by atoms with Gasteiger partial charge in [0.2, 0.25) is 0 Å². The number of phenols is 1. The van der Waals surface area contributed by atoms with Crippen LogP contribution in [-0.4, -0.2) is 28.2 Å². The Morgan fingerprint density at radius 2 is 2.11 bits per heavy atom. The normalized spacial score (nSPS) is 11.2. The molecule has 0 aliphatic heterocycles. The Labute approximate surface area is 112 Å². The average molecular weight is 259 g/mol. The van der Waals surface area contributed by atoms with E-state index in [2.05, 4.69) is 10.1 Å². The molecule has 2 rings (SSSR count). The van der Waals surface area contributed by atoms with Crippen molar-refractivity contribution in [3.63, 3.8) is 0 Å². The SMILES string of the molecule is COc1cc(C=Nc2c(C)nn(C)c2C)ccc1O. The van der Waals surface area contributed by atoms with Gasteiger partial charge in [-0.2, -0.15) is 5.10 Å². The van der Waals surface area contributed by atoms with Crippen LogP contribution in [0, 0.1) is 13.8 Å². The van der Waals surface area contributed by atoms with Gasteiger partial charge in [0.05, 0.1) is 18.5 Å². The second-order valence-corrected chi connectivity index (χ2v) is 4.33. The number of phenolic OH excluding ortho intramolecular Hbond substituents is 1. The van der Waals surface area contributed by atoms with E-state index in [4.69, 9.17) is 4.74 Å². The van der Waals surface area contributed by atoms with Crippen LogP contribution < -0.4 is 4.74 Å². The summed E-state index contributed by atoms with van der Waals surface area (Å²) >= 11 is 0. The van der Waals surface area contributed by atoms with E-state index in [1.807, 2.05) is 20.9 Å². The predicted octanol–water partition coefficient (Wildman–Crippen LogP) is 2.50. The Bertz CT molecular complexity index is 630. The summed E-state index contributed by atoms with van der Waals surface area (Å²) in [7, 11) is 3.41. The minimum atomic E-state index is 0.119. The first-order valence-corrected chi connectivity index (χ1v) is 5.94. The van der Waals surface area contributed by atoms with Crippen LogP contribution in [-0.2, 0) is 7.05 Å². The first kappa shape index (κ1) is 13.1. The van der Waals surface area contributed by atoms with Crippen molar-refractivity contribution < 1.29 is 9.84 Å². The van der Waals surface area contributed by atoms with E-state index in [1.54, 1.807) is 29.1 Å². The molecule has 1 aromatic heterocycles. The highest BCUT2D eigenvalue weighted by Crippen LogP contribution is 2.26. The zero-order chi connectivity index (χ0) is 14.0. The Hall–Kier alpha value is -2.30. The summed E-state index contributed by atoms with van der Waals surface area (Å²) in [4.78, 5) is 4.46. The minimum Gasteiger partial charge on any atom is -0.504 e. The lowest BCUT2D eigenvalue weighted by Gasteiger charge is -2.03. The topological polar surface area (TPSA) is 59.6 Å². The Kier molecular flexibility index (Phi) is 3.55. The number of benzene rings is 1.